The van der Waals surface area contributed by atoms with Crippen molar-refractivity contribution in [2.45, 2.75) is 13.8 Å². The van der Waals surface area contributed by atoms with Crippen molar-refractivity contribution < 1.29 is 9.05 Å². The molecule has 0 N–H and O–H groups in total. The first-order chi connectivity index (χ1) is 4.12. The van der Waals surface area contributed by atoms with Crippen LogP contribution in [-0.2, 0) is 20.9 Å². The van der Waals surface area contributed by atoms with E-state index in [4.69, 9.17) is 20.9 Å². The van der Waals surface area contributed by atoms with Gasteiger partial charge in [0.05, 0.1) is 13.2 Å². The first kappa shape index (κ1) is 14.3. The van der Waals surface area contributed by atoms with E-state index < -0.39 is 5.69 Å². The van der Waals surface area contributed by atoms with Crippen LogP contribution in [0.25, 0.3) is 0 Å². The Kier molecular flexibility index (Phi) is 10.5. The van der Waals surface area contributed by atoms with E-state index >= 15 is 0 Å². The number of hydrogen-bond donors (Lipinski definition) is 1. The predicted molar refractivity (Wildman–Crippen MR) is 55.1 cm³/mol. The topological polar surface area (TPSA) is 18.5 Å². The van der Waals surface area contributed by atoms with Crippen LogP contribution >= 0.6 is 17.9 Å². The van der Waals surface area contributed by atoms with E-state index in [9.17, 15) is 0 Å². The van der Waals surface area contributed by atoms with Gasteiger partial charge in [-0.2, -0.15) is 0 Å². The normalized spacial score (nSPS) is 10.7. The molecule has 0 bridgehead atoms. The Morgan fingerprint density at radius 2 is 1.60 bits per heavy atom. The third-order valence-corrected chi connectivity index (χ3v) is 3.08. The monoisotopic (exact) mass is 308 g/mol. The van der Waals surface area contributed by atoms with Crippen LogP contribution in [0, 0.1) is 0 Å². The van der Waals surface area contributed by atoms with Crippen molar-refractivity contribution in [3.8, 4) is 0 Å². The van der Waals surface area contributed by atoms with E-state index in [0.717, 1.165) is 0 Å². The molecule has 0 aliphatic heterocycles. The molecule has 0 aliphatic carbocycles. The second-order valence-corrected chi connectivity index (χ2v) is 6.59. The maximum atomic E-state index is 5.04. The van der Waals surface area contributed by atoms with Crippen LogP contribution in [0.2, 0.25) is 0 Å². The summed E-state index contributed by atoms with van der Waals surface area (Å²) >= 11 is 8.90. The van der Waals surface area contributed by atoms with Gasteiger partial charge in [0.1, 0.15) is 0 Å². The van der Waals surface area contributed by atoms with Crippen molar-refractivity contribution in [3.05, 3.63) is 0 Å². The summed E-state index contributed by atoms with van der Waals surface area (Å²) in [6.45, 7) is 4.88. The van der Waals surface area contributed by atoms with Gasteiger partial charge in [-0.1, -0.05) is 12.2 Å². The van der Waals surface area contributed by atoms with Crippen LogP contribution in [-0.4, -0.2) is 37.1 Å². The summed E-state index contributed by atoms with van der Waals surface area (Å²) in [5, 5.41) is 0. The van der Waals surface area contributed by atoms with Gasteiger partial charge < -0.3 is 9.05 Å². The quantitative estimate of drug-likeness (QED) is 0.480. The third-order valence-electron chi connectivity index (χ3n) is 0.584. The van der Waals surface area contributed by atoms with E-state index in [0.29, 0.717) is 13.2 Å². The van der Waals surface area contributed by atoms with E-state index in [1.807, 2.05) is 13.8 Å². The van der Waals surface area contributed by atoms with Gasteiger partial charge in [0.25, 0.3) is 0 Å². The van der Waals surface area contributed by atoms with Crippen molar-refractivity contribution in [1.29, 1.82) is 0 Å². The summed E-state index contributed by atoms with van der Waals surface area (Å²) in [6.07, 6.45) is 0. The third kappa shape index (κ3) is 7.82. The summed E-state index contributed by atoms with van der Waals surface area (Å²) in [5.41, 5.74) is -2.16. The van der Waals surface area contributed by atoms with Crippen molar-refractivity contribution in [2.24, 2.45) is 0 Å². The Labute approximate surface area is 89.3 Å². The second-order valence-electron chi connectivity index (χ2n) is 1.30. The fourth-order valence-electron chi connectivity index (χ4n) is 0.364. The zero-order valence-electron chi connectivity index (χ0n) is 6.24. The number of thiol groups is 1. The molecule has 0 atom stereocenters. The van der Waals surface area contributed by atoms with E-state index in [-0.39, 0.29) is 23.9 Å². The number of rotatable bonds is 4. The molecule has 62 valence electrons. The molecule has 0 saturated carbocycles. The first-order valence-electron chi connectivity index (χ1n) is 2.74. The predicted octanol–water partition coefficient (Wildman–Crippen LogP) is 1.30. The molecule has 0 spiro atoms. The van der Waals surface area contributed by atoms with Gasteiger partial charge in [-0.25, -0.2) is 0 Å². The second kappa shape index (κ2) is 7.37. The van der Waals surface area contributed by atoms with E-state index in [1.165, 1.54) is 0 Å². The zero-order chi connectivity index (χ0) is 7.33. The molecule has 0 saturated heterocycles. The zero-order valence-corrected chi connectivity index (χ0v) is 12.9. The Morgan fingerprint density at radius 3 is 1.80 bits per heavy atom. The van der Waals surface area contributed by atoms with Gasteiger partial charge in [-0.05, 0) is 25.7 Å². The van der Waals surface area contributed by atoms with Gasteiger partial charge in [0.15, 0.2) is 0 Å². The van der Waals surface area contributed by atoms with E-state index in [1.54, 1.807) is 0 Å². The maximum absolute atomic E-state index is 5.04. The first-order valence-corrected chi connectivity index (χ1v) is 6.53. The molecular weight excluding hydrogens is 294 g/mol. The summed E-state index contributed by atoms with van der Waals surface area (Å²) in [7, 11) is 0. The van der Waals surface area contributed by atoms with Gasteiger partial charge in [0.2, 0.25) is 5.69 Å². The minimum atomic E-state index is -2.16. The Hall–Kier alpha value is 1.72. The molecule has 0 aromatic rings. The fraction of sp³-hybridized carbons (Fsp3) is 1.00. The average molecular weight is 307 g/mol. The van der Waals surface area contributed by atoms with Crippen LogP contribution in [0.1, 0.15) is 13.8 Å². The van der Waals surface area contributed by atoms with Gasteiger partial charge >= 0.3 is 23.9 Å². The molecule has 10 heavy (non-hydrogen) atoms. The standard InChI is InChI=1S/C4H11O2PS2.Sn.2H/c1-3-5-7(8,9)6-4-2;;;/h3-4H2,1-2H3,(H,8,9);;;. The molecule has 0 aromatic carbocycles. The van der Waals surface area contributed by atoms with Crippen molar-refractivity contribution in [2.75, 3.05) is 13.2 Å². The SMILES string of the molecule is CCOP(=S)(S)OCC.[SnH2]. The Morgan fingerprint density at radius 1 is 1.30 bits per heavy atom. The molecule has 2 nitrogen and oxygen atoms in total. The molecule has 0 rings (SSSR count). The van der Waals surface area contributed by atoms with Crippen LogP contribution in [0.4, 0.5) is 0 Å². The number of hydrogen-bond acceptors (Lipinski definition) is 3. The van der Waals surface area contributed by atoms with Crippen LogP contribution in [0.5, 0.6) is 0 Å². The van der Waals surface area contributed by atoms with Crippen molar-refractivity contribution >= 4 is 53.7 Å². The molecule has 0 fully saturated rings. The van der Waals surface area contributed by atoms with Crippen LogP contribution in [0.3, 0.4) is 0 Å². The van der Waals surface area contributed by atoms with Gasteiger partial charge in [-0.15, -0.1) is 0 Å². The summed E-state index contributed by atoms with van der Waals surface area (Å²) in [5.74, 6) is 0. The minimum absolute atomic E-state index is 0. The average Bonchev–Trinajstić information content (AvgIpc) is 1.64. The molecule has 0 aliphatic rings. The Balaban J connectivity index is 0. The van der Waals surface area contributed by atoms with Crippen molar-refractivity contribution in [3.63, 3.8) is 0 Å². The molecule has 0 aromatic heterocycles. The summed E-state index contributed by atoms with van der Waals surface area (Å²) in [6, 6.07) is 0. The molecule has 6 heteroatoms. The van der Waals surface area contributed by atoms with Crippen LogP contribution in [0.15, 0.2) is 0 Å². The van der Waals surface area contributed by atoms with Crippen molar-refractivity contribution in [1.82, 2.24) is 0 Å². The fourth-order valence-corrected chi connectivity index (χ4v) is 2.42. The van der Waals surface area contributed by atoms with Gasteiger partial charge in [-0.3, -0.25) is 0 Å². The molecule has 0 heterocycles. The summed E-state index contributed by atoms with van der Waals surface area (Å²) < 4.78 is 10.1. The molecule has 2 radical (unpaired) electrons. The van der Waals surface area contributed by atoms with Gasteiger partial charge in [0, 0.05) is 0 Å². The molecule has 0 amide bonds. The van der Waals surface area contributed by atoms with E-state index in [2.05, 4.69) is 12.2 Å². The summed E-state index contributed by atoms with van der Waals surface area (Å²) in [4.78, 5) is 0. The van der Waals surface area contributed by atoms with Crippen LogP contribution < -0.4 is 0 Å². The molecular formula is C4H13O2PS2Sn. The Bertz CT molecular complexity index is 112. The molecule has 0 unspecified atom stereocenters.